The van der Waals surface area contributed by atoms with Gasteiger partial charge in [0.15, 0.2) is 0 Å². The van der Waals surface area contributed by atoms with Gasteiger partial charge in [-0.2, -0.15) is 0 Å². The van der Waals surface area contributed by atoms with E-state index in [2.05, 4.69) is 25.9 Å². The van der Waals surface area contributed by atoms with Gasteiger partial charge in [0.05, 0.1) is 5.71 Å². The van der Waals surface area contributed by atoms with E-state index in [0.29, 0.717) is 17.8 Å². The molecule has 1 aliphatic carbocycles. The lowest BCUT2D eigenvalue weighted by Crippen LogP contribution is -2.27. The summed E-state index contributed by atoms with van der Waals surface area (Å²) < 4.78 is 0. The highest BCUT2D eigenvalue weighted by Crippen LogP contribution is 2.30. The van der Waals surface area contributed by atoms with Crippen LogP contribution in [0.3, 0.4) is 0 Å². The number of nitrogens with zero attached hydrogens (tertiary/aromatic N) is 1. The van der Waals surface area contributed by atoms with Crippen molar-refractivity contribution in [2.24, 2.45) is 22.9 Å². The van der Waals surface area contributed by atoms with E-state index in [1.807, 2.05) is 0 Å². The summed E-state index contributed by atoms with van der Waals surface area (Å²) in [5.74, 6) is 1.83. The third-order valence-corrected chi connectivity index (χ3v) is 2.89. The van der Waals surface area contributed by atoms with Crippen LogP contribution in [0.1, 0.15) is 40.0 Å². The van der Waals surface area contributed by atoms with Crippen molar-refractivity contribution in [3.05, 3.63) is 0 Å². The van der Waals surface area contributed by atoms with E-state index in [1.165, 1.54) is 12.8 Å². The molecule has 70 valence electrons. The first-order valence-electron chi connectivity index (χ1n) is 4.86. The average molecular weight is 169 g/mol. The minimum Gasteiger partial charge on any atom is -0.411 e. The van der Waals surface area contributed by atoms with Gasteiger partial charge >= 0.3 is 0 Å². The summed E-state index contributed by atoms with van der Waals surface area (Å²) in [4.78, 5) is 0. The zero-order chi connectivity index (χ0) is 9.14. The monoisotopic (exact) mass is 169 g/mol. The molecule has 0 saturated heterocycles. The van der Waals surface area contributed by atoms with Crippen molar-refractivity contribution in [3.8, 4) is 0 Å². The van der Waals surface area contributed by atoms with Crippen LogP contribution in [-0.4, -0.2) is 10.9 Å². The summed E-state index contributed by atoms with van der Waals surface area (Å²) in [7, 11) is 0. The van der Waals surface area contributed by atoms with Crippen molar-refractivity contribution in [3.63, 3.8) is 0 Å². The highest BCUT2D eigenvalue weighted by molar-refractivity contribution is 5.87. The number of hydrogen-bond acceptors (Lipinski definition) is 2. The number of rotatable bonds is 1. The molecule has 0 radical (unpaired) electrons. The quantitative estimate of drug-likeness (QED) is 0.475. The second-order valence-corrected chi connectivity index (χ2v) is 4.33. The third kappa shape index (κ3) is 1.99. The topological polar surface area (TPSA) is 32.6 Å². The fraction of sp³-hybridized carbons (Fsp3) is 0.900. The molecule has 0 aliphatic heterocycles. The summed E-state index contributed by atoms with van der Waals surface area (Å²) in [6.45, 7) is 6.62. The fourth-order valence-electron chi connectivity index (χ4n) is 2.07. The van der Waals surface area contributed by atoms with Gasteiger partial charge in [-0.15, -0.1) is 0 Å². The van der Waals surface area contributed by atoms with E-state index in [4.69, 9.17) is 5.21 Å². The predicted molar refractivity (Wildman–Crippen MR) is 50.6 cm³/mol. The highest BCUT2D eigenvalue weighted by atomic mass is 16.4. The van der Waals surface area contributed by atoms with Gasteiger partial charge in [-0.05, 0) is 31.1 Å². The second-order valence-electron chi connectivity index (χ2n) is 4.33. The Kier molecular flexibility index (Phi) is 3.12. The van der Waals surface area contributed by atoms with Crippen LogP contribution < -0.4 is 0 Å². The molecule has 0 bridgehead atoms. The minimum absolute atomic E-state index is 0.520. The molecule has 0 amide bonds. The summed E-state index contributed by atoms with van der Waals surface area (Å²) in [6.07, 6.45) is 3.46. The van der Waals surface area contributed by atoms with E-state index in [-0.39, 0.29) is 0 Å². The van der Waals surface area contributed by atoms with Gasteiger partial charge in [0.1, 0.15) is 0 Å². The van der Waals surface area contributed by atoms with Gasteiger partial charge in [-0.3, -0.25) is 0 Å². The maximum atomic E-state index is 8.82. The maximum Gasteiger partial charge on any atom is 0.0606 e. The fourth-order valence-corrected chi connectivity index (χ4v) is 2.07. The molecule has 1 rings (SSSR count). The summed E-state index contributed by atoms with van der Waals surface area (Å²) in [5, 5.41) is 12.2. The summed E-state index contributed by atoms with van der Waals surface area (Å²) in [5.41, 5.74) is 1.02. The van der Waals surface area contributed by atoms with E-state index in [0.717, 1.165) is 12.1 Å². The third-order valence-electron chi connectivity index (χ3n) is 2.89. The molecular formula is C10H19NO. The van der Waals surface area contributed by atoms with Crippen LogP contribution in [0.5, 0.6) is 0 Å². The Morgan fingerprint density at radius 1 is 1.42 bits per heavy atom. The summed E-state index contributed by atoms with van der Waals surface area (Å²) in [6, 6.07) is 0. The smallest absolute Gasteiger partial charge is 0.0606 e. The number of hydrogen-bond donors (Lipinski definition) is 1. The largest absolute Gasteiger partial charge is 0.411 e. The molecule has 1 N–H and O–H groups in total. The Bertz CT molecular complexity index is 175. The predicted octanol–water partition coefficient (Wildman–Crippen LogP) is 2.91. The van der Waals surface area contributed by atoms with Gasteiger partial charge in [-0.1, -0.05) is 25.9 Å². The van der Waals surface area contributed by atoms with Crippen LogP contribution in [-0.2, 0) is 0 Å². The van der Waals surface area contributed by atoms with Gasteiger partial charge in [0, 0.05) is 5.92 Å². The van der Waals surface area contributed by atoms with Crippen molar-refractivity contribution in [1.29, 1.82) is 0 Å². The van der Waals surface area contributed by atoms with Crippen LogP contribution in [0.2, 0.25) is 0 Å². The Morgan fingerprint density at radius 2 is 2.08 bits per heavy atom. The first kappa shape index (κ1) is 9.56. The van der Waals surface area contributed by atoms with E-state index < -0.39 is 0 Å². The summed E-state index contributed by atoms with van der Waals surface area (Å²) >= 11 is 0. The Morgan fingerprint density at radius 3 is 2.58 bits per heavy atom. The molecule has 1 fully saturated rings. The van der Waals surface area contributed by atoms with Crippen LogP contribution in [0.15, 0.2) is 5.16 Å². The standard InChI is InChI=1S/C10H19NO/c1-7(2)9-5-4-8(3)6-10(9)11-12/h7-9,12H,4-6H2,1-3H3/b11-10-/t8-,9+/m1/s1. The first-order valence-corrected chi connectivity index (χ1v) is 4.86. The lowest BCUT2D eigenvalue weighted by Gasteiger charge is -2.29. The molecule has 2 atom stereocenters. The van der Waals surface area contributed by atoms with Crippen molar-refractivity contribution in [2.45, 2.75) is 40.0 Å². The molecule has 1 aliphatic rings. The lowest BCUT2D eigenvalue weighted by molar-refractivity contribution is 0.291. The van der Waals surface area contributed by atoms with Gasteiger partial charge in [-0.25, -0.2) is 0 Å². The Hall–Kier alpha value is -0.530. The normalized spacial score (nSPS) is 34.5. The molecule has 2 nitrogen and oxygen atoms in total. The Balaban J connectivity index is 2.63. The second kappa shape index (κ2) is 3.92. The van der Waals surface area contributed by atoms with Crippen molar-refractivity contribution in [1.82, 2.24) is 0 Å². The molecule has 12 heavy (non-hydrogen) atoms. The van der Waals surface area contributed by atoms with Gasteiger partial charge in [0.2, 0.25) is 0 Å². The van der Waals surface area contributed by atoms with Gasteiger partial charge < -0.3 is 5.21 Å². The molecule has 0 aromatic carbocycles. The number of oxime groups is 1. The van der Waals surface area contributed by atoms with Crippen molar-refractivity contribution in [2.75, 3.05) is 0 Å². The van der Waals surface area contributed by atoms with Crippen LogP contribution in [0, 0.1) is 17.8 Å². The van der Waals surface area contributed by atoms with Crippen LogP contribution in [0.25, 0.3) is 0 Å². The van der Waals surface area contributed by atoms with E-state index in [9.17, 15) is 0 Å². The van der Waals surface area contributed by atoms with Crippen molar-refractivity contribution < 1.29 is 5.21 Å². The molecule has 2 heteroatoms. The highest BCUT2D eigenvalue weighted by Gasteiger charge is 2.27. The molecule has 0 spiro atoms. The SMILES string of the molecule is CC(C)[C@@H]1CC[C@@H](C)C/C1=N/O. The zero-order valence-corrected chi connectivity index (χ0v) is 8.25. The first-order chi connectivity index (χ1) is 5.65. The molecule has 1 saturated carbocycles. The van der Waals surface area contributed by atoms with E-state index in [1.54, 1.807) is 0 Å². The van der Waals surface area contributed by atoms with Crippen molar-refractivity contribution >= 4 is 5.71 Å². The molecular weight excluding hydrogens is 150 g/mol. The minimum atomic E-state index is 0.520. The molecule has 0 aromatic heterocycles. The molecule has 0 heterocycles. The Labute approximate surface area is 74.7 Å². The molecule has 0 aromatic rings. The maximum absolute atomic E-state index is 8.82. The average Bonchev–Trinajstić information content (AvgIpc) is 2.03. The van der Waals surface area contributed by atoms with Crippen LogP contribution >= 0.6 is 0 Å². The van der Waals surface area contributed by atoms with Gasteiger partial charge in [0.25, 0.3) is 0 Å². The lowest BCUT2D eigenvalue weighted by atomic mass is 9.76. The van der Waals surface area contributed by atoms with Crippen LogP contribution in [0.4, 0.5) is 0 Å². The zero-order valence-electron chi connectivity index (χ0n) is 8.25. The van der Waals surface area contributed by atoms with E-state index >= 15 is 0 Å². The molecule has 0 unspecified atom stereocenters.